The number of carbonyl (C=O) groups is 1. The zero-order valence-electron chi connectivity index (χ0n) is 14.3. The second-order valence-corrected chi connectivity index (χ2v) is 6.87. The number of rotatable bonds is 2. The van der Waals surface area contributed by atoms with Crippen molar-refractivity contribution >= 4 is 11.4 Å². The summed E-state index contributed by atoms with van der Waals surface area (Å²) in [6, 6.07) is 6.30. The number of ether oxygens (including phenoxy) is 1. The van der Waals surface area contributed by atoms with Crippen LogP contribution in [0.25, 0.3) is 5.52 Å². The highest BCUT2D eigenvalue weighted by Gasteiger charge is 2.37. The average Bonchev–Trinajstić information content (AvgIpc) is 3.16. The number of imidazole rings is 1. The summed E-state index contributed by atoms with van der Waals surface area (Å²) in [5, 5.41) is 0. The van der Waals surface area contributed by atoms with Gasteiger partial charge in [0.05, 0.1) is 18.7 Å². The van der Waals surface area contributed by atoms with Crippen molar-refractivity contribution in [1.29, 1.82) is 0 Å². The minimum atomic E-state index is 0.0504. The summed E-state index contributed by atoms with van der Waals surface area (Å²) in [6.07, 6.45) is 1.96. The Hall–Kier alpha value is -1.92. The van der Waals surface area contributed by atoms with E-state index >= 15 is 0 Å². The Kier molecular flexibility index (Phi) is 4.02. The van der Waals surface area contributed by atoms with E-state index in [1.165, 1.54) is 0 Å². The molecule has 0 N–H and O–H groups in total. The van der Waals surface area contributed by atoms with E-state index in [0.717, 1.165) is 50.7 Å². The Morgan fingerprint density at radius 1 is 1.25 bits per heavy atom. The third-order valence-corrected chi connectivity index (χ3v) is 5.30. The lowest BCUT2D eigenvalue weighted by Crippen LogP contribution is -2.47. The van der Waals surface area contributed by atoms with E-state index < -0.39 is 0 Å². The van der Waals surface area contributed by atoms with Crippen molar-refractivity contribution in [3.63, 3.8) is 0 Å². The third-order valence-electron chi connectivity index (χ3n) is 5.30. The molecule has 2 aliphatic heterocycles. The summed E-state index contributed by atoms with van der Waals surface area (Å²) in [5.41, 5.74) is 1.46. The lowest BCUT2D eigenvalue weighted by Gasteiger charge is -2.33. The Morgan fingerprint density at radius 2 is 2.04 bits per heavy atom. The fourth-order valence-corrected chi connectivity index (χ4v) is 4.00. The van der Waals surface area contributed by atoms with Crippen LogP contribution in [0.5, 0.6) is 0 Å². The van der Waals surface area contributed by atoms with E-state index in [1.807, 2.05) is 40.6 Å². The van der Waals surface area contributed by atoms with Gasteiger partial charge in [0.1, 0.15) is 5.82 Å². The molecular weight excluding hydrogens is 304 g/mol. The van der Waals surface area contributed by atoms with Crippen LogP contribution >= 0.6 is 0 Å². The second kappa shape index (κ2) is 6.18. The zero-order chi connectivity index (χ0) is 16.7. The second-order valence-electron chi connectivity index (χ2n) is 6.87. The van der Waals surface area contributed by atoms with Crippen molar-refractivity contribution in [3.05, 3.63) is 35.9 Å². The van der Waals surface area contributed by atoms with Crippen molar-refractivity contribution in [3.8, 4) is 0 Å². The quantitative estimate of drug-likeness (QED) is 0.837. The van der Waals surface area contributed by atoms with Crippen LogP contribution in [-0.4, -0.2) is 70.5 Å². The number of likely N-dealkylation sites (tertiary alicyclic amines) is 1. The van der Waals surface area contributed by atoms with E-state index in [1.54, 1.807) is 0 Å². The topological polar surface area (TPSA) is 50.1 Å². The van der Waals surface area contributed by atoms with Crippen LogP contribution in [0.3, 0.4) is 0 Å². The Morgan fingerprint density at radius 3 is 2.83 bits per heavy atom. The number of aryl methyl sites for hydroxylation is 1. The van der Waals surface area contributed by atoms with Gasteiger partial charge in [0.15, 0.2) is 5.69 Å². The highest BCUT2D eigenvalue weighted by Crippen LogP contribution is 2.25. The minimum absolute atomic E-state index is 0.0504. The lowest BCUT2D eigenvalue weighted by atomic mass is 10.0. The number of fused-ring (bicyclic) bond motifs is 1. The molecule has 4 heterocycles. The number of amides is 1. The SMILES string of the molecule is Cc1nc(C(=O)N2CC(C)C(N3CCOCC3)C2)c2ccccn12. The molecule has 6 nitrogen and oxygen atoms in total. The first kappa shape index (κ1) is 15.6. The standard InChI is InChI=1S/C18H24N4O2/c1-13-11-21(12-16(13)20-7-9-24-10-8-20)18(23)17-15-5-3-4-6-22(15)14(2)19-17/h3-6,13,16H,7-12H2,1-2H3. The molecule has 2 aromatic heterocycles. The molecule has 0 bridgehead atoms. The summed E-state index contributed by atoms with van der Waals surface area (Å²) in [4.78, 5) is 22.0. The van der Waals surface area contributed by atoms with Crippen molar-refractivity contribution in [2.45, 2.75) is 19.9 Å². The predicted octanol–water partition coefficient (Wildman–Crippen LogP) is 1.44. The molecule has 1 amide bonds. The van der Waals surface area contributed by atoms with Crippen LogP contribution in [0.4, 0.5) is 0 Å². The smallest absolute Gasteiger partial charge is 0.274 e. The summed E-state index contributed by atoms with van der Waals surface area (Å²) in [5.74, 6) is 1.38. The molecule has 2 aromatic rings. The number of pyridine rings is 1. The summed E-state index contributed by atoms with van der Waals surface area (Å²) >= 11 is 0. The zero-order valence-corrected chi connectivity index (χ0v) is 14.3. The number of hydrogen-bond acceptors (Lipinski definition) is 4. The predicted molar refractivity (Wildman–Crippen MR) is 91.2 cm³/mol. The van der Waals surface area contributed by atoms with Gasteiger partial charge in [-0.05, 0) is 25.0 Å². The summed E-state index contributed by atoms with van der Waals surface area (Å²) in [6.45, 7) is 9.27. The molecule has 0 aliphatic carbocycles. The first-order chi connectivity index (χ1) is 11.6. The minimum Gasteiger partial charge on any atom is -0.379 e. The van der Waals surface area contributed by atoms with Gasteiger partial charge in [-0.1, -0.05) is 13.0 Å². The lowest BCUT2D eigenvalue weighted by molar-refractivity contribution is 0.0119. The number of hydrogen-bond donors (Lipinski definition) is 0. The maximum atomic E-state index is 13.1. The molecule has 2 fully saturated rings. The van der Waals surface area contributed by atoms with E-state index in [2.05, 4.69) is 16.8 Å². The van der Waals surface area contributed by atoms with Gasteiger partial charge in [-0.2, -0.15) is 0 Å². The van der Waals surface area contributed by atoms with E-state index in [-0.39, 0.29) is 5.91 Å². The molecule has 2 unspecified atom stereocenters. The largest absolute Gasteiger partial charge is 0.379 e. The molecule has 128 valence electrons. The molecule has 2 saturated heterocycles. The Balaban J connectivity index is 1.56. The van der Waals surface area contributed by atoms with Gasteiger partial charge >= 0.3 is 0 Å². The molecule has 0 radical (unpaired) electrons. The van der Waals surface area contributed by atoms with Crippen molar-refractivity contribution in [2.75, 3.05) is 39.4 Å². The number of carbonyl (C=O) groups excluding carboxylic acids is 1. The van der Waals surface area contributed by atoms with Gasteiger partial charge in [-0.15, -0.1) is 0 Å². The van der Waals surface area contributed by atoms with Crippen molar-refractivity contribution < 1.29 is 9.53 Å². The van der Waals surface area contributed by atoms with Gasteiger partial charge in [0.25, 0.3) is 5.91 Å². The molecule has 0 spiro atoms. The fourth-order valence-electron chi connectivity index (χ4n) is 4.00. The first-order valence-electron chi connectivity index (χ1n) is 8.70. The van der Waals surface area contributed by atoms with Gasteiger partial charge in [0, 0.05) is 38.4 Å². The molecule has 24 heavy (non-hydrogen) atoms. The summed E-state index contributed by atoms with van der Waals surface area (Å²) in [7, 11) is 0. The van der Waals surface area contributed by atoms with Crippen LogP contribution in [0.2, 0.25) is 0 Å². The Bertz CT molecular complexity index is 751. The molecule has 4 rings (SSSR count). The summed E-state index contributed by atoms with van der Waals surface area (Å²) < 4.78 is 7.43. The molecule has 0 saturated carbocycles. The van der Waals surface area contributed by atoms with E-state index in [0.29, 0.717) is 17.7 Å². The van der Waals surface area contributed by atoms with Gasteiger partial charge in [-0.3, -0.25) is 9.69 Å². The molecule has 6 heteroatoms. The molecule has 2 aliphatic rings. The highest BCUT2D eigenvalue weighted by molar-refractivity contribution is 5.99. The third kappa shape index (κ3) is 2.59. The maximum absolute atomic E-state index is 13.1. The van der Waals surface area contributed by atoms with Crippen molar-refractivity contribution in [2.24, 2.45) is 5.92 Å². The van der Waals surface area contributed by atoms with Gasteiger partial charge in [-0.25, -0.2) is 4.98 Å². The molecule has 2 atom stereocenters. The monoisotopic (exact) mass is 328 g/mol. The molecule has 0 aromatic carbocycles. The molecular formula is C18H24N4O2. The normalized spacial score (nSPS) is 25.5. The van der Waals surface area contributed by atoms with Gasteiger partial charge in [0.2, 0.25) is 0 Å². The Labute approximate surface area is 142 Å². The average molecular weight is 328 g/mol. The number of aromatic nitrogens is 2. The van der Waals surface area contributed by atoms with Gasteiger partial charge < -0.3 is 14.0 Å². The first-order valence-corrected chi connectivity index (χ1v) is 8.70. The highest BCUT2D eigenvalue weighted by atomic mass is 16.5. The fraction of sp³-hybridized carbons (Fsp3) is 0.556. The van der Waals surface area contributed by atoms with Crippen LogP contribution in [0.15, 0.2) is 24.4 Å². The van der Waals surface area contributed by atoms with E-state index in [9.17, 15) is 4.79 Å². The van der Waals surface area contributed by atoms with Crippen LogP contribution in [0, 0.1) is 12.8 Å². The van der Waals surface area contributed by atoms with Crippen LogP contribution in [0.1, 0.15) is 23.2 Å². The number of morpholine rings is 1. The van der Waals surface area contributed by atoms with Crippen LogP contribution < -0.4 is 0 Å². The van der Waals surface area contributed by atoms with Crippen molar-refractivity contribution in [1.82, 2.24) is 19.2 Å². The van der Waals surface area contributed by atoms with E-state index in [4.69, 9.17) is 4.74 Å². The maximum Gasteiger partial charge on any atom is 0.274 e. The van der Waals surface area contributed by atoms with Crippen LogP contribution in [-0.2, 0) is 4.74 Å². The number of nitrogens with zero attached hydrogens (tertiary/aromatic N) is 4.